The van der Waals surface area contributed by atoms with Gasteiger partial charge < -0.3 is 10.0 Å². The molecular formula is C20H21N3O. The second kappa shape index (κ2) is 6.21. The van der Waals surface area contributed by atoms with Crippen LogP contribution >= 0.6 is 0 Å². The summed E-state index contributed by atoms with van der Waals surface area (Å²) in [4.78, 5) is 10.9. The maximum atomic E-state index is 9.89. The molecule has 4 rings (SSSR count). The van der Waals surface area contributed by atoms with Crippen molar-refractivity contribution in [1.29, 1.82) is 0 Å². The molecule has 122 valence electrons. The molecule has 1 aromatic heterocycles. The molecule has 0 amide bonds. The van der Waals surface area contributed by atoms with E-state index in [4.69, 9.17) is 0 Å². The summed E-state index contributed by atoms with van der Waals surface area (Å²) in [5.74, 6) is 0.585. The van der Waals surface area contributed by atoms with Crippen LogP contribution in [-0.4, -0.2) is 34.8 Å². The number of nitrogens with zero attached hydrogens (tertiary/aromatic N) is 3. The van der Waals surface area contributed by atoms with Crippen molar-refractivity contribution in [3.8, 4) is 0 Å². The maximum absolute atomic E-state index is 9.89. The van der Waals surface area contributed by atoms with E-state index in [0.717, 1.165) is 29.7 Å². The summed E-state index contributed by atoms with van der Waals surface area (Å²) in [6, 6.07) is 14.8. The molecular weight excluding hydrogens is 298 g/mol. The van der Waals surface area contributed by atoms with E-state index >= 15 is 0 Å². The predicted octanol–water partition coefficient (Wildman–Crippen LogP) is 3.15. The van der Waals surface area contributed by atoms with Gasteiger partial charge in [0, 0.05) is 48.8 Å². The average molecular weight is 319 g/mol. The number of aromatic nitrogens is 2. The van der Waals surface area contributed by atoms with Crippen LogP contribution in [0.2, 0.25) is 0 Å². The molecule has 0 radical (unpaired) electrons. The molecule has 0 saturated carbocycles. The van der Waals surface area contributed by atoms with Gasteiger partial charge in [0.1, 0.15) is 6.33 Å². The van der Waals surface area contributed by atoms with E-state index in [1.165, 1.54) is 11.1 Å². The standard InChI is InChI=1S/C20H21N3O/c1-14-4-2-5-15(8-14)18-11-23(10-16(18)12-24)20-7-3-6-19-17(20)9-21-13-22-19/h2-9,13,16,18,24H,10-12H2,1H3/t16-,18-/m0/s1. The first-order chi connectivity index (χ1) is 11.8. The minimum absolute atomic E-state index is 0.205. The van der Waals surface area contributed by atoms with E-state index in [9.17, 15) is 5.11 Å². The molecule has 3 aromatic rings. The summed E-state index contributed by atoms with van der Waals surface area (Å²) in [5, 5.41) is 11.0. The molecule has 0 bridgehead atoms. The van der Waals surface area contributed by atoms with Crippen molar-refractivity contribution in [2.45, 2.75) is 12.8 Å². The van der Waals surface area contributed by atoms with Crippen molar-refractivity contribution < 1.29 is 5.11 Å². The van der Waals surface area contributed by atoms with Crippen molar-refractivity contribution in [3.05, 3.63) is 66.1 Å². The van der Waals surface area contributed by atoms with Gasteiger partial charge in [-0.3, -0.25) is 0 Å². The van der Waals surface area contributed by atoms with E-state index in [1.807, 2.05) is 18.3 Å². The fourth-order valence-corrected chi connectivity index (χ4v) is 3.80. The highest BCUT2D eigenvalue weighted by Crippen LogP contribution is 2.37. The zero-order chi connectivity index (χ0) is 16.5. The fraction of sp³-hybridized carbons (Fsp3) is 0.300. The number of aliphatic hydroxyl groups is 1. The lowest BCUT2D eigenvalue weighted by Crippen LogP contribution is -2.20. The van der Waals surface area contributed by atoms with Gasteiger partial charge >= 0.3 is 0 Å². The first-order valence-corrected chi connectivity index (χ1v) is 8.37. The van der Waals surface area contributed by atoms with Crippen LogP contribution in [0, 0.1) is 12.8 Å². The van der Waals surface area contributed by atoms with Crippen LogP contribution in [0.5, 0.6) is 0 Å². The van der Waals surface area contributed by atoms with Crippen molar-refractivity contribution in [2.75, 3.05) is 24.6 Å². The number of aliphatic hydroxyl groups excluding tert-OH is 1. The highest BCUT2D eigenvalue weighted by Gasteiger charge is 2.34. The minimum atomic E-state index is 0.205. The summed E-state index contributed by atoms with van der Waals surface area (Å²) in [6.45, 7) is 4.08. The third-order valence-electron chi connectivity index (χ3n) is 5.01. The lowest BCUT2D eigenvalue weighted by molar-refractivity contribution is 0.227. The Hall–Kier alpha value is -2.46. The zero-order valence-electron chi connectivity index (χ0n) is 13.8. The number of rotatable bonds is 3. The number of fused-ring (bicyclic) bond motifs is 1. The molecule has 1 aliphatic heterocycles. The molecule has 2 heterocycles. The largest absolute Gasteiger partial charge is 0.396 e. The van der Waals surface area contributed by atoms with Gasteiger partial charge in [0.05, 0.1) is 5.52 Å². The van der Waals surface area contributed by atoms with Gasteiger partial charge in [0.15, 0.2) is 0 Å². The second-order valence-corrected chi connectivity index (χ2v) is 6.60. The number of aryl methyl sites for hydroxylation is 1. The van der Waals surface area contributed by atoms with Crippen LogP contribution in [0.25, 0.3) is 10.9 Å². The third kappa shape index (κ3) is 2.63. The molecule has 2 aromatic carbocycles. The summed E-state index contributed by atoms with van der Waals surface area (Å²) >= 11 is 0. The van der Waals surface area contributed by atoms with E-state index in [0.29, 0.717) is 5.92 Å². The molecule has 24 heavy (non-hydrogen) atoms. The van der Waals surface area contributed by atoms with Gasteiger partial charge in [0.25, 0.3) is 0 Å². The van der Waals surface area contributed by atoms with Crippen molar-refractivity contribution in [1.82, 2.24) is 9.97 Å². The Morgan fingerprint density at radius 3 is 2.88 bits per heavy atom. The molecule has 1 saturated heterocycles. The minimum Gasteiger partial charge on any atom is -0.396 e. The van der Waals surface area contributed by atoms with E-state index in [2.05, 4.69) is 52.1 Å². The lowest BCUT2D eigenvalue weighted by atomic mass is 9.89. The van der Waals surface area contributed by atoms with Crippen LogP contribution in [0.1, 0.15) is 17.0 Å². The molecule has 0 spiro atoms. The Balaban J connectivity index is 1.70. The Bertz CT molecular complexity index is 859. The van der Waals surface area contributed by atoms with E-state index < -0.39 is 0 Å². The van der Waals surface area contributed by atoms with Gasteiger partial charge in [-0.2, -0.15) is 0 Å². The molecule has 1 fully saturated rings. The van der Waals surface area contributed by atoms with Gasteiger partial charge in [-0.15, -0.1) is 0 Å². The summed E-state index contributed by atoms with van der Waals surface area (Å²) in [5.41, 5.74) is 4.69. The Labute approximate surface area is 141 Å². The normalized spacial score (nSPS) is 20.7. The Kier molecular flexibility index (Phi) is 3.90. The number of anilines is 1. The molecule has 1 aliphatic rings. The average Bonchev–Trinajstić information content (AvgIpc) is 3.05. The molecule has 0 unspecified atom stereocenters. The summed E-state index contributed by atoms with van der Waals surface area (Å²) in [7, 11) is 0. The Morgan fingerprint density at radius 1 is 1.17 bits per heavy atom. The van der Waals surface area contributed by atoms with Gasteiger partial charge in [-0.1, -0.05) is 35.9 Å². The smallest absolute Gasteiger partial charge is 0.116 e. The Morgan fingerprint density at radius 2 is 2.04 bits per heavy atom. The molecule has 1 N–H and O–H groups in total. The van der Waals surface area contributed by atoms with Crippen molar-refractivity contribution in [3.63, 3.8) is 0 Å². The van der Waals surface area contributed by atoms with Crippen molar-refractivity contribution >= 4 is 16.6 Å². The van der Waals surface area contributed by atoms with Crippen LogP contribution < -0.4 is 4.90 Å². The number of hydrogen-bond acceptors (Lipinski definition) is 4. The van der Waals surface area contributed by atoms with Crippen LogP contribution in [-0.2, 0) is 0 Å². The predicted molar refractivity (Wildman–Crippen MR) is 96.2 cm³/mol. The third-order valence-corrected chi connectivity index (χ3v) is 5.01. The van der Waals surface area contributed by atoms with Crippen LogP contribution in [0.3, 0.4) is 0 Å². The van der Waals surface area contributed by atoms with E-state index in [1.54, 1.807) is 6.33 Å². The first kappa shape index (κ1) is 15.1. The van der Waals surface area contributed by atoms with E-state index in [-0.39, 0.29) is 12.5 Å². The second-order valence-electron chi connectivity index (χ2n) is 6.60. The highest BCUT2D eigenvalue weighted by atomic mass is 16.3. The SMILES string of the molecule is Cc1cccc([C@@H]2CN(c3cccc4ncncc34)C[C@H]2CO)c1. The lowest BCUT2D eigenvalue weighted by Gasteiger charge is -2.20. The molecule has 4 heteroatoms. The quantitative estimate of drug-likeness (QED) is 0.806. The van der Waals surface area contributed by atoms with Crippen LogP contribution in [0.4, 0.5) is 5.69 Å². The van der Waals surface area contributed by atoms with Gasteiger partial charge in [-0.05, 0) is 24.6 Å². The molecule has 2 atom stereocenters. The maximum Gasteiger partial charge on any atom is 0.116 e. The van der Waals surface area contributed by atoms with Crippen molar-refractivity contribution in [2.24, 2.45) is 5.92 Å². The fourth-order valence-electron chi connectivity index (χ4n) is 3.80. The first-order valence-electron chi connectivity index (χ1n) is 8.37. The molecule has 4 nitrogen and oxygen atoms in total. The summed E-state index contributed by atoms with van der Waals surface area (Å²) in [6.07, 6.45) is 3.47. The van der Waals surface area contributed by atoms with Crippen LogP contribution in [0.15, 0.2) is 55.0 Å². The monoisotopic (exact) mass is 319 g/mol. The topological polar surface area (TPSA) is 49.2 Å². The van der Waals surface area contributed by atoms with Gasteiger partial charge in [-0.25, -0.2) is 9.97 Å². The zero-order valence-corrected chi connectivity index (χ0v) is 13.8. The molecule has 0 aliphatic carbocycles. The summed E-state index contributed by atoms with van der Waals surface area (Å²) < 4.78 is 0. The number of hydrogen-bond donors (Lipinski definition) is 1. The van der Waals surface area contributed by atoms with Gasteiger partial charge in [0.2, 0.25) is 0 Å². The highest BCUT2D eigenvalue weighted by molar-refractivity contribution is 5.91. The number of benzene rings is 2.